The second kappa shape index (κ2) is 7.73. The molecule has 0 spiro atoms. The van der Waals surface area contributed by atoms with Gasteiger partial charge in [-0.15, -0.1) is 0 Å². The standard InChI is InChI=1S/C19H26ClFN4O2/c1-19(2,3)23-18(27)11-25-9-13-7-14(25)8-24(13)10-17(26)22-16-6-12(20)4-5-15(16)21/h4-6,13-14H,7-11H2,1-3H3,(H,22,26)(H,23,27). The lowest BCUT2D eigenvalue weighted by atomic mass is 10.1. The third-order valence-electron chi connectivity index (χ3n) is 4.88. The molecule has 2 saturated heterocycles. The van der Waals surface area contributed by atoms with Crippen molar-refractivity contribution in [3.63, 3.8) is 0 Å². The molecule has 0 radical (unpaired) electrons. The third-order valence-corrected chi connectivity index (χ3v) is 5.11. The highest BCUT2D eigenvalue weighted by Crippen LogP contribution is 2.30. The number of carbonyl (C=O) groups is 2. The number of nitrogens with zero attached hydrogens (tertiary/aromatic N) is 2. The molecular formula is C19H26ClFN4O2. The van der Waals surface area contributed by atoms with Gasteiger partial charge in [-0.05, 0) is 45.4 Å². The number of hydrogen-bond acceptors (Lipinski definition) is 4. The van der Waals surface area contributed by atoms with E-state index in [2.05, 4.69) is 20.4 Å². The van der Waals surface area contributed by atoms with E-state index >= 15 is 0 Å². The van der Waals surface area contributed by atoms with Gasteiger partial charge in [0.2, 0.25) is 11.8 Å². The first-order chi connectivity index (χ1) is 12.6. The van der Waals surface area contributed by atoms with Crippen LogP contribution in [0.2, 0.25) is 5.02 Å². The highest BCUT2D eigenvalue weighted by molar-refractivity contribution is 6.30. The number of benzene rings is 1. The summed E-state index contributed by atoms with van der Waals surface area (Å²) in [5.41, 5.74) is -0.146. The van der Waals surface area contributed by atoms with Crippen molar-refractivity contribution in [2.24, 2.45) is 0 Å². The summed E-state index contributed by atoms with van der Waals surface area (Å²) in [4.78, 5) is 28.7. The van der Waals surface area contributed by atoms with Crippen molar-refractivity contribution in [3.8, 4) is 0 Å². The van der Waals surface area contributed by atoms with Crippen molar-refractivity contribution in [1.82, 2.24) is 15.1 Å². The monoisotopic (exact) mass is 396 g/mol. The zero-order valence-electron chi connectivity index (χ0n) is 15.9. The summed E-state index contributed by atoms with van der Waals surface area (Å²) in [6, 6.07) is 4.59. The minimum absolute atomic E-state index is 0.0239. The molecule has 0 aliphatic carbocycles. The molecule has 2 unspecified atom stereocenters. The van der Waals surface area contributed by atoms with Crippen molar-refractivity contribution in [2.75, 3.05) is 31.5 Å². The number of piperazine rings is 1. The molecule has 2 amide bonds. The van der Waals surface area contributed by atoms with Gasteiger partial charge in [0.15, 0.2) is 0 Å². The van der Waals surface area contributed by atoms with Crippen LogP contribution in [0.25, 0.3) is 0 Å². The fraction of sp³-hybridized carbons (Fsp3) is 0.579. The van der Waals surface area contributed by atoms with Crippen LogP contribution < -0.4 is 10.6 Å². The highest BCUT2D eigenvalue weighted by atomic mass is 35.5. The van der Waals surface area contributed by atoms with Gasteiger partial charge in [-0.25, -0.2) is 4.39 Å². The number of likely N-dealkylation sites (tertiary alicyclic amines) is 2. The first-order valence-electron chi connectivity index (χ1n) is 9.15. The number of anilines is 1. The second-order valence-electron chi connectivity index (χ2n) is 8.37. The summed E-state index contributed by atoms with van der Waals surface area (Å²) in [6.45, 7) is 7.97. The summed E-state index contributed by atoms with van der Waals surface area (Å²) in [5.74, 6) is -0.747. The van der Waals surface area contributed by atoms with E-state index in [9.17, 15) is 14.0 Å². The molecule has 0 aromatic heterocycles. The van der Waals surface area contributed by atoms with E-state index in [1.165, 1.54) is 18.2 Å². The van der Waals surface area contributed by atoms with Crippen molar-refractivity contribution in [3.05, 3.63) is 29.0 Å². The summed E-state index contributed by atoms with van der Waals surface area (Å²) >= 11 is 5.85. The van der Waals surface area contributed by atoms with Crippen LogP contribution in [0.3, 0.4) is 0 Å². The molecule has 148 valence electrons. The summed E-state index contributed by atoms with van der Waals surface area (Å²) in [5, 5.41) is 5.94. The smallest absolute Gasteiger partial charge is 0.238 e. The molecule has 2 fully saturated rings. The Morgan fingerprint density at radius 2 is 1.74 bits per heavy atom. The van der Waals surface area contributed by atoms with Gasteiger partial charge in [-0.1, -0.05) is 11.6 Å². The van der Waals surface area contributed by atoms with Crippen LogP contribution in [-0.2, 0) is 9.59 Å². The fourth-order valence-electron chi connectivity index (χ4n) is 3.83. The molecule has 8 heteroatoms. The minimum atomic E-state index is -0.508. The van der Waals surface area contributed by atoms with Crippen molar-refractivity contribution >= 4 is 29.1 Å². The van der Waals surface area contributed by atoms with Gasteiger partial charge in [0.25, 0.3) is 0 Å². The molecule has 27 heavy (non-hydrogen) atoms. The van der Waals surface area contributed by atoms with E-state index in [1.54, 1.807) is 0 Å². The van der Waals surface area contributed by atoms with Crippen LogP contribution in [-0.4, -0.2) is 65.4 Å². The van der Waals surface area contributed by atoms with E-state index in [-0.39, 0.29) is 41.7 Å². The summed E-state index contributed by atoms with van der Waals surface area (Å²) < 4.78 is 13.8. The zero-order valence-corrected chi connectivity index (χ0v) is 16.6. The molecule has 6 nitrogen and oxygen atoms in total. The first-order valence-corrected chi connectivity index (χ1v) is 9.52. The maximum absolute atomic E-state index is 13.8. The average molecular weight is 397 g/mol. The second-order valence-corrected chi connectivity index (χ2v) is 8.81. The van der Waals surface area contributed by atoms with Crippen LogP contribution in [0, 0.1) is 5.82 Å². The lowest BCUT2D eigenvalue weighted by molar-refractivity contribution is -0.124. The Kier molecular flexibility index (Phi) is 5.74. The Bertz CT molecular complexity index is 737. The molecule has 2 N–H and O–H groups in total. The number of nitrogens with one attached hydrogen (secondary N) is 2. The van der Waals surface area contributed by atoms with Crippen molar-refractivity contribution < 1.29 is 14.0 Å². The molecule has 2 heterocycles. The van der Waals surface area contributed by atoms with E-state index in [0.29, 0.717) is 11.6 Å². The first kappa shape index (κ1) is 20.0. The molecule has 2 aliphatic rings. The fourth-order valence-corrected chi connectivity index (χ4v) is 4.00. The highest BCUT2D eigenvalue weighted by Gasteiger charge is 2.44. The number of fused-ring (bicyclic) bond motifs is 2. The maximum Gasteiger partial charge on any atom is 0.238 e. The SMILES string of the molecule is CC(C)(C)NC(=O)CN1CC2CC1CN2CC(=O)Nc1cc(Cl)ccc1F. The van der Waals surface area contributed by atoms with Crippen LogP contribution in [0.1, 0.15) is 27.2 Å². The summed E-state index contributed by atoms with van der Waals surface area (Å²) in [6.07, 6.45) is 0.946. The van der Waals surface area contributed by atoms with Gasteiger partial charge in [0, 0.05) is 35.7 Å². The Hall–Kier alpha value is -1.70. The van der Waals surface area contributed by atoms with Gasteiger partial charge in [-0.3, -0.25) is 19.4 Å². The molecule has 1 aromatic rings. The van der Waals surface area contributed by atoms with E-state index < -0.39 is 5.82 Å². The predicted molar refractivity (Wildman–Crippen MR) is 103 cm³/mol. The van der Waals surface area contributed by atoms with Gasteiger partial charge >= 0.3 is 0 Å². The van der Waals surface area contributed by atoms with Crippen molar-refractivity contribution in [2.45, 2.75) is 44.8 Å². The van der Waals surface area contributed by atoms with Gasteiger partial charge in [-0.2, -0.15) is 0 Å². The van der Waals surface area contributed by atoms with E-state index in [4.69, 9.17) is 11.6 Å². The summed E-state index contributed by atoms with van der Waals surface area (Å²) in [7, 11) is 0. The van der Waals surface area contributed by atoms with E-state index in [0.717, 1.165) is 19.5 Å². The number of halogens is 2. The molecule has 2 aliphatic heterocycles. The topological polar surface area (TPSA) is 64.7 Å². The Morgan fingerprint density at radius 3 is 2.30 bits per heavy atom. The van der Waals surface area contributed by atoms with E-state index in [1.807, 2.05) is 20.8 Å². The molecule has 2 atom stereocenters. The number of rotatable bonds is 5. The predicted octanol–water partition coefficient (Wildman–Crippen LogP) is 2.09. The van der Waals surface area contributed by atoms with Crippen LogP contribution in [0.4, 0.5) is 10.1 Å². The van der Waals surface area contributed by atoms with Crippen molar-refractivity contribution in [1.29, 1.82) is 0 Å². The maximum atomic E-state index is 13.8. The van der Waals surface area contributed by atoms with Crippen LogP contribution in [0.5, 0.6) is 0 Å². The Labute approximate surface area is 164 Å². The third kappa shape index (κ3) is 5.18. The zero-order chi connectivity index (χ0) is 19.8. The normalized spacial score (nSPS) is 22.9. The lowest BCUT2D eigenvalue weighted by Crippen LogP contribution is -2.52. The lowest BCUT2D eigenvalue weighted by Gasteiger charge is -2.34. The van der Waals surface area contributed by atoms with Gasteiger partial charge in [0.1, 0.15) is 5.82 Å². The minimum Gasteiger partial charge on any atom is -0.350 e. The van der Waals surface area contributed by atoms with Gasteiger partial charge < -0.3 is 10.6 Å². The van der Waals surface area contributed by atoms with Crippen LogP contribution >= 0.6 is 11.6 Å². The molecule has 1 aromatic carbocycles. The number of hydrogen-bond donors (Lipinski definition) is 2. The largest absolute Gasteiger partial charge is 0.350 e. The van der Waals surface area contributed by atoms with Crippen LogP contribution in [0.15, 0.2) is 18.2 Å². The number of amides is 2. The van der Waals surface area contributed by atoms with Gasteiger partial charge in [0.05, 0.1) is 18.8 Å². The molecule has 3 rings (SSSR count). The average Bonchev–Trinajstić information content (AvgIpc) is 3.08. The Morgan fingerprint density at radius 1 is 1.15 bits per heavy atom. The quantitative estimate of drug-likeness (QED) is 0.800. The molecule has 2 bridgehead atoms. The Balaban J connectivity index is 1.49. The molecule has 0 saturated carbocycles. The molecular weight excluding hydrogens is 371 g/mol. The number of carbonyl (C=O) groups excluding carboxylic acids is 2.